The first-order valence-corrected chi connectivity index (χ1v) is 8.30. The fourth-order valence-corrected chi connectivity index (χ4v) is 3.28. The summed E-state index contributed by atoms with van der Waals surface area (Å²) in [7, 11) is 1.72. The van der Waals surface area contributed by atoms with E-state index in [-0.39, 0.29) is 36.6 Å². The highest BCUT2D eigenvalue weighted by molar-refractivity contribution is 5.90. The molecule has 2 aromatic rings. The number of hydrogen-bond donors (Lipinski definition) is 1. The number of benzene rings is 2. The van der Waals surface area contributed by atoms with Crippen molar-refractivity contribution >= 4 is 11.8 Å². The smallest absolute Gasteiger partial charge is 0.226 e. The van der Waals surface area contributed by atoms with Gasteiger partial charge in [-0.25, -0.2) is 4.39 Å². The third-order valence-electron chi connectivity index (χ3n) is 4.75. The largest absolute Gasteiger partial charge is 0.352 e. The summed E-state index contributed by atoms with van der Waals surface area (Å²) in [5.74, 6) is -1.12. The lowest BCUT2D eigenvalue weighted by Gasteiger charge is -2.25. The number of carbonyl (C=O) groups is 2. The van der Waals surface area contributed by atoms with Crippen molar-refractivity contribution in [1.82, 2.24) is 10.2 Å². The Hall–Kier alpha value is -2.69. The zero-order chi connectivity index (χ0) is 18.0. The second kappa shape index (κ2) is 7.05. The highest BCUT2D eigenvalue weighted by atomic mass is 19.1. The van der Waals surface area contributed by atoms with Crippen LogP contribution < -0.4 is 5.32 Å². The maximum Gasteiger partial charge on any atom is 0.226 e. The Kier molecular flexibility index (Phi) is 4.83. The van der Waals surface area contributed by atoms with Crippen molar-refractivity contribution in [3.63, 3.8) is 0 Å². The third kappa shape index (κ3) is 3.55. The van der Waals surface area contributed by atoms with Gasteiger partial charge in [-0.15, -0.1) is 0 Å². The summed E-state index contributed by atoms with van der Waals surface area (Å²) in [6, 6.07) is 13.9. The molecule has 1 N–H and O–H groups in total. The van der Waals surface area contributed by atoms with Gasteiger partial charge in [0.25, 0.3) is 0 Å². The van der Waals surface area contributed by atoms with Gasteiger partial charge in [-0.1, -0.05) is 48.0 Å². The molecule has 0 aliphatic carbocycles. The van der Waals surface area contributed by atoms with Crippen molar-refractivity contribution in [2.45, 2.75) is 25.9 Å². The van der Waals surface area contributed by atoms with E-state index < -0.39 is 5.92 Å². The highest BCUT2D eigenvalue weighted by Crippen LogP contribution is 2.37. The summed E-state index contributed by atoms with van der Waals surface area (Å²) in [6.45, 7) is 2.10. The van der Waals surface area contributed by atoms with Crippen LogP contribution in [0.15, 0.2) is 48.5 Å². The van der Waals surface area contributed by atoms with Gasteiger partial charge in [0.15, 0.2) is 0 Å². The topological polar surface area (TPSA) is 49.4 Å². The number of aryl methyl sites for hydroxylation is 1. The minimum absolute atomic E-state index is 0.0587. The molecule has 25 heavy (non-hydrogen) atoms. The average Bonchev–Trinajstić information content (AvgIpc) is 2.90. The summed E-state index contributed by atoms with van der Waals surface area (Å²) >= 11 is 0. The molecule has 1 saturated heterocycles. The minimum atomic E-state index is -0.480. The second-order valence-electron chi connectivity index (χ2n) is 6.48. The summed E-state index contributed by atoms with van der Waals surface area (Å²) in [5, 5.41) is 2.78. The Labute approximate surface area is 146 Å². The molecule has 1 fully saturated rings. The van der Waals surface area contributed by atoms with Crippen molar-refractivity contribution in [1.29, 1.82) is 0 Å². The van der Waals surface area contributed by atoms with Crippen LogP contribution in [0.4, 0.5) is 4.39 Å². The van der Waals surface area contributed by atoms with Gasteiger partial charge < -0.3 is 10.2 Å². The van der Waals surface area contributed by atoms with Gasteiger partial charge in [-0.05, 0) is 18.6 Å². The number of carbonyl (C=O) groups excluding carboxylic acids is 2. The van der Waals surface area contributed by atoms with E-state index in [0.29, 0.717) is 5.56 Å². The van der Waals surface area contributed by atoms with E-state index in [0.717, 1.165) is 11.1 Å². The zero-order valence-electron chi connectivity index (χ0n) is 14.3. The van der Waals surface area contributed by atoms with Crippen LogP contribution in [0.25, 0.3) is 0 Å². The van der Waals surface area contributed by atoms with Crippen molar-refractivity contribution in [3.05, 3.63) is 71.0 Å². The highest BCUT2D eigenvalue weighted by Gasteiger charge is 2.42. The van der Waals surface area contributed by atoms with Gasteiger partial charge in [0.2, 0.25) is 11.8 Å². The standard InChI is InChI=1S/C20H21FN2O2/c1-13-7-9-14(10-8-13)19-16(11-18(24)23(19)2)20(25)22-12-15-5-3-4-6-17(15)21/h3-10,16,19H,11-12H2,1-2H3,(H,22,25)/t16-,19-/m1/s1. The molecule has 3 rings (SSSR count). The monoisotopic (exact) mass is 340 g/mol. The van der Waals surface area contributed by atoms with E-state index in [1.54, 1.807) is 30.1 Å². The Morgan fingerprint density at radius 2 is 1.88 bits per heavy atom. The number of rotatable bonds is 4. The first-order chi connectivity index (χ1) is 12.0. The van der Waals surface area contributed by atoms with Gasteiger partial charge in [0.05, 0.1) is 12.0 Å². The molecule has 5 heteroatoms. The number of hydrogen-bond acceptors (Lipinski definition) is 2. The van der Waals surface area contributed by atoms with E-state index in [2.05, 4.69) is 5.32 Å². The van der Waals surface area contributed by atoms with Crippen LogP contribution in [0.2, 0.25) is 0 Å². The normalized spacial score (nSPS) is 20.0. The molecule has 4 nitrogen and oxygen atoms in total. The lowest BCUT2D eigenvalue weighted by Crippen LogP contribution is -2.34. The van der Waals surface area contributed by atoms with Crippen molar-refractivity contribution in [3.8, 4) is 0 Å². The van der Waals surface area contributed by atoms with Crippen molar-refractivity contribution < 1.29 is 14.0 Å². The number of nitrogens with one attached hydrogen (secondary N) is 1. The van der Waals surface area contributed by atoms with Crippen LogP contribution >= 0.6 is 0 Å². The molecule has 2 amide bonds. The predicted octanol–water partition coefficient (Wildman–Crippen LogP) is 2.97. The molecule has 0 aromatic heterocycles. The fourth-order valence-electron chi connectivity index (χ4n) is 3.28. The Bertz CT molecular complexity index is 789. The summed E-state index contributed by atoms with van der Waals surface area (Å²) < 4.78 is 13.7. The van der Waals surface area contributed by atoms with Crippen LogP contribution in [-0.2, 0) is 16.1 Å². The lowest BCUT2D eigenvalue weighted by atomic mass is 9.92. The first kappa shape index (κ1) is 17.1. The second-order valence-corrected chi connectivity index (χ2v) is 6.48. The maximum atomic E-state index is 13.7. The zero-order valence-corrected chi connectivity index (χ0v) is 14.3. The van der Waals surface area contributed by atoms with Crippen LogP contribution in [0.1, 0.15) is 29.2 Å². The maximum absolute atomic E-state index is 13.7. The molecule has 1 heterocycles. The predicted molar refractivity (Wildman–Crippen MR) is 93.0 cm³/mol. The molecule has 0 bridgehead atoms. The van der Waals surface area contributed by atoms with Gasteiger partial charge in [0.1, 0.15) is 5.82 Å². The van der Waals surface area contributed by atoms with Gasteiger partial charge >= 0.3 is 0 Å². The summed E-state index contributed by atoms with van der Waals surface area (Å²) in [5.41, 5.74) is 2.49. The SMILES string of the molecule is Cc1ccc([C@@H]2[C@H](C(=O)NCc3ccccc3F)CC(=O)N2C)cc1. The molecule has 0 saturated carbocycles. The van der Waals surface area contributed by atoms with E-state index in [1.165, 1.54) is 6.07 Å². The van der Waals surface area contributed by atoms with Crippen LogP contribution in [0, 0.1) is 18.7 Å². The molecule has 1 aliphatic heterocycles. The third-order valence-corrected chi connectivity index (χ3v) is 4.75. The number of likely N-dealkylation sites (tertiary alicyclic amines) is 1. The van der Waals surface area contributed by atoms with Gasteiger partial charge in [-0.2, -0.15) is 0 Å². The molecule has 0 unspecified atom stereocenters. The number of amides is 2. The average molecular weight is 340 g/mol. The molecular weight excluding hydrogens is 319 g/mol. The van der Waals surface area contributed by atoms with Gasteiger partial charge in [0, 0.05) is 25.6 Å². The molecule has 0 spiro atoms. The molecule has 2 aromatic carbocycles. The summed E-state index contributed by atoms with van der Waals surface area (Å²) in [4.78, 5) is 26.4. The van der Waals surface area contributed by atoms with Gasteiger partial charge in [-0.3, -0.25) is 9.59 Å². The van der Waals surface area contributed by atoms with Crippen molar-refractivity contribution in [2.24, 2.45) is 5.92 Å². The Morgan fingerprint density at radius 3 is 2.56 bits per heavy atom. The Balaban J connectivity index is 1.76. The van der Waals surface area contributed by atoms with Crippen molar-refractivity contribution in [2.75, 3.05) is 7.05 Å². The quantitative estimate of drug-likeness (QED) is 0.930. The van der Waals surface area contributed by atoms with Crippen LogP contribution in [0.5, 0.6) is 0 Å². The lowest BCUT2D eigenvalue weighted by molar-refractivity contribution is -0.128. The molecule has 0 radical (unpaired) electrons. The first-order valence-electron chi connectivity index (χ1n) is 8.30. The van der Waals surface area contributed by atoms with E-state index in [1.807, 2.05) is 31.2 Å². The fraction of sp³-hybridized carbons (Fsp3) is 0.300. The Morgan fingerprint density at radius 1 is 1.20 bits per heavy atom. The molecule has 1 aliphatic rings. The number of halogens is 1. The van der Waals surface area contributed by atoms with E-state index in [4.69, 9.17) is 0 Å². The minimum Gasteiger partial charge on any atom is -0.352 e. The molecule has 2 atom stereocenters. The molecular formula is C20H21FN2O2. The van der Waals surface area contributed by atoms with E-state index >= 15 is 0 Å². The summed E-state index contributed by atoms with van der Waals surface area (Å²) in [6.07, 6.45) is 0.165. The van der Waals surface area contributed by atoms with Crippen LogP contribution in [-0.4, -0.2) is 23.8 Å². The van der Waals surface area contributed by atoms with Crippen LogP contribution in [0.3, 0.4) is 0 Å². The van der Waals surface area contributed by atoms with E-state index in [9.17, 15) is 14.0 Å². The number of nitrogens with zero attached hydrogens (tertiary/aromatic N) is 1. The molecule has 130 valence electrons.